The molecule has 1 aromatic carbocycles. The minimum absolute atomic E-state index is 0.0333. The third-order valence-corrected chi connectivity index (χ3v) is 14.0. The molecule has 7 rings (SSSR count). The van der Waals surface area contributed by atoms with Crippen molar-refractivity contribution in [2.24, 2.45) is 11.3 Å². The fourth-order valence-corrected chi connectivity index (χ4v) is 10.3. The van der Waals surface area contributed by atoms with E-state index >= 15 is 4.39 Å². The molecule has 2 N–H and O–H groups in total. The number of halogens is 1. The topological polar surface area (TPSA) is 168 Å². The molecule has 0 spiro atoms. The maximum Gasteiger partial charge on any atom is 0.324 e. The number of morpholine rings is 1. The SMILES string of the molecule is C=CC(=O)N1CCC(F)(C(=O)N(C)[C@H](C(=O)N[C@H]2C[C@H]3CN(CCO3)c3ccc4c(c3)c(c(-c3cccnc3C(C)OC)n4CC)CC(C)(C)COC(=O)[C@@H]3CCCN(N3)C2=O)C(C)C)CC1. The lowest BCUT2D eigenvalue weighted by Crippen LogP contribution is -2.63. The summed E-state index contributed by atoms with van der Waals surface area (Å²) in [6, 6.07) is 7.40. The first-order valence-electron chi connectivity index (χ1n) is 23.8. The number of nitrogens with one attached hydrogen (secondary N) is 2. The summed E-state index contributed by atoms with van der Waals surface area (Å²) in [5.41, 5.74) is 6.27. The van der Waals surface area contributed by atoms with Gasteiger partial charge in [-0.2, -0.15) is 0 Å². The van der Waals surface area contributed by atoms with Crippen molar-refractivity contribution >= 4 is 46.2 Å². The van der Waals surface area contributed by atoms with Gasteiger partial charge in [0, 0.05) is 106 Å². The summed E-state index contributed by atoms with van der Waals surface area (Å²) in [6.45, 7) is 17.8. The summed E-state index contributed by atoms with van der Waals surface area (Å²) in [7, 11) is 3.08. The molecule has 3 fully saturated rings. The van der Waals surface area contributed by atoms with Crippen LogP contribution >= 0.6 is 0 Å². The highest BCUT2D eigenvalue weighted by atomic mass is 19.1. The number of aryl methyl sites for hydroxylation is 1. The Hall–Kier alpha value is -5.39. The van der Waals surface area contributed by atoms with Crippen LogP contribution in [-0.4, -0.2) is 144 Å². The van der Waals surface area contributed by atoms with Crippen molar-refractivity contribution in [1.82, 2.24) is 35.1 Å². The van der Waals surface area contributed by atoms with Gasteiger partial charge in [-0.3, -0.25) is 34.0 Å². The van der Waals surface area contributed by atoms with Crippen LogP contribution in [0.25, 0.3) is 22.2 Å². The Kier molecular flexibility index (Phi) is 15.1. The highest BCUT2D eigenvalue weighted by Gasteiger charge is 2.47. The number of hydrogen-bond donors (Lipinski definition) is 2. The van der Waals surface area contributed by atoms with Crippen LogP contribution in [0.15, 0.2) is 49.2 Å². The second-order valence-electron chi connectivity index (χ2n) is 19.7. The number of likely N-dealkylation sites (tertiary alicyclic amines) is 1. The van der Waals surface area contributed by atoms with Crippen LogP contribution in [0.4, 0.5) is 10.1 Å². The molecule has 4 aliphatic rings. The van der Waals surface area contributed by atoms with Gasteiger partial charge in [-0.1, -0.05) is 34.3 Å². The van der Waals surface area contributed by atoms with E-state index in [9.17, 15) is 24.0 Å². The number of likely N-dealkylation sites (N-methyl/N-ethyl adjacent to an activating group) is 1. The first-order chi connectivity index (χ1) is 31.9. The average Bonchev–Trinajstić information content (AvgIpc) is 3.63. The van der Waals surface area contributed by atoms with E-state index in [1.165, 1.54) is 17.0 Å². The summed E-state index contributed by atoms with van der Waals surface area (Å²) in [4.78, 5) is 78.9. The molecule has 1 unspecified atom stereocenters. The number of pyridine rings is 1. The monoisotopic (exact) mass is 929 g/mol. The highest BCUT2D eigenvalue weighted by molar-refractivity contribution is 5.96. The lowest BCUT2D eigenvalue weighted by atomic mass is 9.84. The number of fused-ring (bicyclic) bond motifs is 6. The molecule has 2 aromatic heterocycles. The number of amides is 4. The van der Waals surface area contributed by atoms with E-state index in [-0.39, 0.29) is 57.5 Å². The van der Waals surface area contributed by atoms with Crippen molar-refractivity contribution in [1.29, 1.82) is 0 Å². The molecular weight excluding hydrogens is 860 g/mol. The molecule has 67 heavy (non-hydrogen) atoms. The van der Waals surface area contributed by atoms with E-state index in [4.69, 9.17) is 19.2 Å². The number of alkyl halides is 1. The third-order valence-electron chi connectivity index (χ3n) is 14.0. The van der Waals surface area contributed by atoms with Crippen LogP contribution < -0.4 is 15.6 Å². The molecule has 3 saturated heterocycles. The molecule has 16 nitrogen and oxygen atoms in total. The Morgan fingerprint density at radius 1 is 1.12 bits per heavy atom. The van der Waals surface area contributed by atoms with Crippen LogP contribution in [-0.2, 0) is 51.1 Å². The molecule has 3 aromatic rings. The van der Waals surface area contributed by atoms with Gasteiger partial charge in [0.1, 0.15) is 18.1 Å². The lowest BCUT2D eigenvalue weighted by molar-refractivity contribution is -0.156. The van der Waals surface area contributed by atoms with Gasteiger partial charge in [-0.15, -0.1) is 0 Å². The van der Waals surface area contributed by atoms with Gasteiger partial charge in [-0.25, -0.2) is 9.82 Å². The number of esters is 1. The van der Waals surface area contributed by atoms with E-state index in [1.54, 1.807) is 27.2 Å². The van der Waals surface area contributed by atoms with E-state index in [0.29, 0.717) is 45.5 Å². The molecule has 4 amide bonds. The molecular formula is C50H69FN8O8. The zero-order valence-corrected chi connectivity index (χ0v) is 40.4. The van der Waals surface area contributed by atoms with Crippen molar-refractivity contribution in [2.75, 3.05) is 65.0 Å². The number of cyclic esters (lactones) is 1. The number of nitrogens with zero attached hydrogens (tertiary/aromatic N) is 6. The van der Waals surface area contributed by atoms with Crippen molar-refractivity contribution in [2.45, 2.75) is 123 Å². The fourth-order valence-electron chi connectivity index (χ4n) is 10.3. The van der Waals surface area contributed by atoms with Gasteiger partial charge in [0.25, 0.3) is 11.8 Å². The molecule has 17 heteroatoms. The van der Waals surface area contributed by atoms with Gasteiger partial charge in [0.15, 0.2) is 5.67 Å². The fraction of sp³-hybridized carbons (Fsp3) is 0.600. The molecule has 364 valence electrons. The maximum absolute atomic E-state index is 16.4. The minimum atomic E-state index is -2.29. The summed E-state index contributed by atoms with van der Waals surface area (Å²) < 4.78 is 37.0. The van der Waals surface area contributed by atoms with Crippen LogP contribution in [0.3, 0.4) is 0 Å². The van der Waals surface area contributed by atoms with Gasteiger partial charge in [0.2, 0.25) is 11.8 Å². The first-order valence-corrected chi connectivity index (χ1v) is 23.8. The standard InChI is InChI=1S/C50H69FN8O8/c1-10-41(60)56-22-18-50(51,19-23-56)48(64)55(8)43(31(3)4)45(61)53-39-27-34-29-57(24-25-66-34)33-16-17-40-36(26-33)37(44(58(40)11-2)35-14-12-20-52-42(35)32(5)65-9)28-49(6,7)30-67-47(63)38-15-13-21-59(54-38)46(39)62/h10,12,14,16-17,20,26,31-32,34,38-39,43,54H,1,11,13,15,18-19,21-25,27-30H2,2-9H3,(H,53,61)/t32?,34-,38-,39-,43-/m0/s1. The normalized spacial score (nSPS) is 23.3. The number of rotatable bonds is 10. The summed E-state index contributed by atoms with van der Waals surface area (Å²) in [5, 5.41) is 5.41. The van der Waals surface area contributed by atoms with Crippen molar-refractivity contribution in [3.8, 4) is 11.3 Å². The Bertz CT molecular complexity index is 2340. The molecule has 4 aliphatic heterocycles. The number of hydrazine groups is 1. The summed E-state index contributed by atoms with van der Waals surface area (Å²) >= 11 is 0. The Balaban J connectivity index is 1.24. The predicted molar refractivity (Wildman–Crippen MR) is 252 cm³/mol. The van der Waals surface area contributed by atoms with Crippen LogP contribution in [0.1, 0.15) is 91.0 Å². The van der Waals surface area contributed by atoms with Crippen LogP contribution in [0, 0.1) is 11.3 Å². The third kappa shape index (κ3) is 10.4. The number of ether oxygens (including phenoxy) is 3. The average molecular weight is 929 g/mol. The Morgan fingerprint density at radius 2 is 1.87 bits per heavy atom. The Labute approximate surface area is 393 Å². The highest BCUT2D eigenvalue weighted by Crippen LogP contribution is 2.42. The van der Waals surface area contributed by atoms with E-state index in [2.05, 4.69) is 71.8 Å². The van der Waals surface area contributed by atoms with Gasteiger partial charge >= 0.3 is 5.97 Å². The number of aromatic nitrogens is 2. The predicted octanol–water partition coefficient (Wildman–Crippen LogP) is 5.13. The number of hydrogen-bond acceptors (Lipinski definition) is 11. The number of anilines is 1. The minimum Gasteiger partial charge on any atom is -0.464 e. The van der Waals surface area contributed by atoms with E-state index in [1.807, 2.05) is 13.0 Å². The van der Waals surface area contributed by atoms with Crippen LogP contribution in [0.5, 0.6) is 0 Å². The number of benzene rings is 1. The maximum atomic E-state index is 16.4. The number of carbonyl (C=O) groups is 5. The molecule has 0 saturated carbocycles. The first kappa shape index (κ1) is 49.5. The van der Waals surface area contributed by atoms with Crippen molar-refractivity contribution in [3.63, 3.8) is 0 Å². The number of methoxy groups -OCH3 is 1. The quantitative estimate of drug-likeness (QED) is 0.204. The summed E-state index contributed by atoms with van der Waals surface area (Å²) in [5.74, 6) is -3.24. The zero-order chi connectivity index (χ0) is 48.4. The Morgan fingerprint density at radius 3 is 2.55 bits per heavy atom. The summed E-state index contributed by atoms with van der Waals surface area (Å²) in [6.07, 6.45) is 3.32. The van der Waals surface area contributed by atoms with Crippen molar-refractivity contribution in [3.05, 3.63) is 60.4 Å². The second kappa shape index (κ2) is 20.5. The van der Waals surface area contributed by atoms with Gasteiger partial charge < -0.3 is 38.8 Å². The van der Waals surface area contributed by atoms with Gasteiger partial charge in [-0.05, 0) is 81.0 Å². The van der Waals surface area contributed by atoms with E-state index in [0.717, 1.165) is 50.1 Å². The second-order valence-corrected chi connectivity index (χ2v) is 19.7. The van der Waals surface area contributed by atoms with Gasteiger partial charge in [0.05, 0.1) is 36.8 Å². The molecule has 0 radical (unpaired) electrons. The molecule has 6 heterocycles. The lowest BCUT2D eigenvalue weighted by Gasteiger charge is -2.41. The zero-order valence-electron chi connectivity index (χ0n) is 40.4. The molecule has 6 bridgehead atoms. The van der Waals surface area contributed by atoms with Crippen LogP contribution in [0.2, 0.25) is 0 Å². The largest absolute Gasteiger partial charge is 0.464 e. The van der Waals surface area contributed by atoms with E-state index < -0.39 is 64.9 Å². The number of piperidine rings is 1. The smallest absolute Gasteiger partial charge is 0.324 e. The number of carbonyl (C=O) groups excluding carboxylic acids is 5. The molecule has 5 atom stereocenters. The van der Waals surface area contributed by atoms with Crippen molar-refractivity contribution < 1.29 is 42.6 Å². The molecule has 0 aliphatic carbocycles.